The lowest BCUT2D eigenvalue weighted by molar-refractivity contribution is -0.141. The SMILES string of the molecule is CC[C@H](C)[C@H](NC(=O)[C@H]1CCCCN1C)C(=O)N(C)[C@H](C[C@@H](C)c1nc(C(=O)N[C@@H](Cc2ccc(C)cc2)C[C@H](C)C(=O)O)cs1)C(C)C. The Morgan fingerprint density at radius 3 is 2.31 bits per heavy atom. The number of aromatic nitrogens is 1. The third kappa shape index (κ3) is 11.4. The number of likely N-dealkylation sites (N-methyl/N-ethyl adjacent to an activating group) is 2. The van der Waals surface area contributed by atoms with E-state index in [4.69, 9.17) is 4.98 Å². The number of likely N-dealkylation sites (tertiary alicyclic amines) is 1. The maximum absolute atomic E-state index is 14.1. The number of aryl methyl sites for hydroxylation is 1. The molecule has 272 valence electrons. The van der Waals surface area contributed by atoms with Crippen LogP contribution in [0.15, 0.2) is 29.6 Å². The molecule has 7 atom stereocenters. The molecule has 1 fully saturated rings. The number of nitrogens with one attached hydrogen (secondary N) is 2. The standard InChI is InChI=1S/C38H59N5O5S/c1-10-25(5)33(41-35(45)31-13-11-12-18-42(31)8)37(46)43(9)32(23(2)3)20-26(6)36-40-30(22-49-36)34(44)39-29(19-27(7)38(47)48)21-28-16-14-24(4)15-17-28/h14-17,22-23,25-27,29,31-33H,10-13,18-21H2,1-9H3,(H,39,44)(H,41,45)(H,47,48)/t25-,26+,27-,29+,31+,32+,33-/m0/s1. The molecular weight excluding hydrogens is 639 g/mol. The first-order valence-corrected chi connectivity index (χ1v) is 18.8. The van der Waals surface area contributed by atoms with Crippen molar-refractivity contribution in [2.45, 2.75) is 123 Å². The van der Waals surface area contributed by atoms with E-state index >= 15 is 0 Å². The van der Waals surface area contributed by atoms with Crippen LogP contribution in [0.4, 0.5) is 0 Å². The van der Waals surface area contributed by atoms with E-state index in [1.807, 2.05) is 64.0 Å². The number of carboxylic acid groups (broad SMARTS) is 1. The Bertz CT molecular complexity index is 1400. The van der Waals surface area contributed by atoms with Gasteiger partial charge in [0.25, 0.3) is 5.91 Å². The predicted molar refractivity (Wildman–Crippen MR) is 196 cm³/mol. The molecule has 10 nitrogen and oxygen atoms in total. The Hall–Kier alpha value is -3.31. The number of carbonyl (C=O) groups is 4. The first kappa shape index (κ1) is 40.1. The minimum atomic E-state index is -0.897. The highest BCUT2D eigenvalue weighted by Gasteiger charge is 2.36. The molecular formula is C38H59N5O5S. The maximum atomic E-state index is 14.1. The number of benzene rings is 1. The summed E-state index contributed by atoms with van der Waals surface area (Å²) in [5.74, 6) is -1.90. The lowest BCUT2D eigenvalue weighted by atomic mass is 9.90. The number of nitrogens with zero attached hydrogens (tertiary/aromatic N) is 3. The number of carbonyl (C=O) groups excluding carboxylic acids is 3. The fourth-order valence-electron chi connectivity index (χ4n) is 6.67. The fraction of sp³-hybridized carbons (Fsp3) is 0.658. The summed E-state index contributed by atoms with van der Waals surface area (Å²) in [7, 11) is 3.81. The number of amides is 3. The average molecular weight is 698 g/mol. The van der Waals surface area contributed by atoms with E-state index in [0.29, 0.717) is 25.0 Å². The van der Waals surface area contributed by atoms with Gasteiger partial charge in [-0.2, -0.15) is 0 Å². The van der Waals surface area contributed by atoms with E-state index in [9.17, 15) is 24.3 Å². The lowest BCUT2D eigenvalue weighted by Crippen LogP contribution is -2.57. The van der Waals surface area contributed by atoms with Gasteiger partial charge in [-0.3, -0.25) is 24.1 Å². The molecule has 0 bridgehead atoms. The Balaban J connectivity index is 1.71. The Kier molecular flexibility index (Phi) is 15.2. The monoisotopic (exact) mass is 697 g/mol. The molecule has 0 spiro atoms. The molecule has 0 radical (unpaired) electrons. The van der Waals surface area contributed by atoms with E-state index in [1.165, 1.54) is 11.3 Å². The third-order valence-electron chi connectivity index (χ3n) is 10.2. The summed E-state index contributed by atoms with van der Waals surface area (Å²) in [5, 5.41) is 18.3. The normalized spacial score (nSPS) is 18.9. The van der Waals surface area contributed by atoms with Gasteiger partial charge in [0.15, 0.2) is 0 Å². The van der Waals surface area contributed by atoms with Crippen LogP contribution in [0.5, 0.6) is 0 Å². The minimum absolute atomic E-state index is 0.0219. The molecule has 1 aliphatic heterocycles. The second kappa shape index (κ2) is 18.6. The van der Waals surface area contributed by atoms with E-state index in [-0.39, 0.29) is 53.6 Å². The van der Waals surface area contributed by atoms with Gasteiger partial charge in [-0.05, 0) is 70.0 Å². The zero-order valence-electron chi connectivity index (χ0n) is 31.0. The summed E-state index contributed by atoms with van der Waals surface area (Å²) < 4.78 is 0. The van der Waals surface area contributed by atoms with Crippen LogP contribution in [0.2, 0.25) is 0 Å². The molecule has 49 heavy (non-hydrogen) atoms. The van der Waals surface area contributed by atoms with Crippen LogP contribution in [0.3, 0.4) is 0 Å². The Labute approximate surface area is 297 Å². The second-order valence-electron chi connectivity index (χ2n) is 14.7. The van der Waals surface area contributed by atoms with Crippen LogP contribution in [0.25, 0.3) is 0 Å². The number of carboxylic acids is 1. The number of aliphatic carboxylic acids is 1. The quantitative estimate of drug-likeness (QED) is 0.188. The molecule has 3 amide bonds. The summed E-state index contributed by atoms with van der Waals surface area (Å²) in [6.07, 6.45) is 5.12. The third-order valence-corrected chi connectivity index (χ3v) is 11.3. The first-order valence-electron chi connectivity index (χ1n) is 17.9. The van der Waals surface area contributed by atoms with Crippen LogP contribution in [0, 0.1) is 24.7 Å². The number of rotatable bonds is 17. The molecule has 2 aromatic rings. The zero-order valence-corrected chi connectivity index (χ0v) is 31.8. The van der Waals surface area contributed by atoms with Gasteiger partial charge >= 0.3 is 5.97 Å². The van der Waals surface area contributed by atoms with Crippen molar-refractivity contribution in [3.05, 3.63) is 51.5 Å². The molecule has 3 N–H and O–H groups in total. The summed E-state index contributed by atoms with van der Waals surface area (Å²) >= 11 is 1.42. The van der Waals surface area contributed by atoms with Crippen molar-refractivity contribution < 1.29 is 24.3 Å². The number of hydrogen-bond acceptors (Lipinski definition) is 7. The van der Waals surface area contributed by atoms with Crippen LogP contribution in [-0.4, -0.2) is 88.4 Å². The summed E-state index contributed by atoms with van der Waals surface area (Å²) in [6.45, 7) is 14.9. The number of hydrogen-bond donors (Lipinski definition) is 3. The van der Waals surface area contributed by atoms with Crippen molar-refractivity contribution >= 4 is 35.0 Å². The molecule has 11 heteroatoms. The summed E-state index contributed by atoms with van der Waals surface area (Å²) in [6, 6.07) is 6.72. The summed E-state index contributed by atoms with van der Waals surface area (Å²) in [4.78, 5) is 61.1. The number of thiazole rings is 1. The van der Waals surface area contributed by atoms with E-state index in [2.05, 4.69) is 36.3 Å². The molecule has 1 aromatic carbocycles. The van der Waals surface area contributed by atoms with Crippen molar-refractivity contribution in [1.29, 1.82) is 0 Å². The van der Waals surface area contributed by atoms with Gasteiger partial charge in [0.2, 0.25) is 11.8 Å². The van der Waals surface area contributed by atoms with Crippen LogP contribution in [-0.2, 0) is 20.8 Å². The molecule has 3 rings (SSSR count). The van der Waals surface area contributed by atoms with Gasteiger partial charge in [0.1, 0.15) is 11.7 Å². The van der Waals surface area contributed by atoms with Gasteiger partial charge < -0.3 is 20.6 Å². The smallest absolute Gasteiger partial charge is 0.306 e. The Morgan fingerprint density at radius 1 is 1.04 bits per heavy atom. The van der Waals surface area contributed by atoms with Gasteiger partial charge in [-0.25, -0.2) is 4.98 Å². The molecule has 1 aliphatic rings. The highest BCUT2D eigenvalue weighted by molar-refractivity contribution is 7.09. The lowest BCUT2D eigenvalue weighted by Gasteiger charge is -2.38. The van der Waals surface area contributed by atoms with Crippen LogP contribution < -0.4 is 10.6 Å². The van der Waals surface area contributed by atoms with Gasteiger partial charge in [0, 0.05) is 30.4 Å². The first-order chi connectivity index (χ1) is 23.1. The van der Waals surface area contributed by atoms with Crippen LogP contribution >= 0.6 is 11.3 Å². The van der Waals surface area contributed by atoms with E-state index in [0.717, 1.165) is 48.4 Å². The Morgan fingerprint density at radius 2 is 1.71 bits per heavy atom. The van der Waals surface area contributed by atoms with Crippen molar-refractivity contribution in [3.8, 4) is 0 Å². The highest BCUT2D eigenvalue weighted by Crippen LogP contribution is 2.29. The topological polar surface area (TPSA) is 132 Å². The maximum Gasteiger partial charge on any atom is 0.306 e. The van der Waals surface area contributed by atoms with E-state index in [1.54, 1.807) is 12.3 Å². The van der Waals surface area contributed by atoms with Crippen molar-refractivity contribution in [2.75, 3.05) is 20.6 Å². The van der Waals surface area contributed by atoms with E-state index < -0.39 is 17.9 Å². The highest BCUT2D eigenvalue weighted by atomic mass is 32.1. The minimum Gasteiger partial charge on any atom is -0.481 e. The molecule has 0 aliphatic carbocycles. The average Bonchev–Trinajstić information content (AvgIpc) is 3.57. The van der Waals surface area contributed by atoms with Gasteiger partial charge in [0.05, 0.1) is 17.0 Å². The molecule has 2 heterocycles. The molecule has 1 saturated heterocycles. The zero-order chi connectivity index (χ0) is 36.4. The van der Waals surface area contributed by atoms with Crippen LogP contribution in [0.1, 0.15) is 113 Å². The van der Waals surface area contributed by atoms with Gasteiger partial charge in [-0.1, -0.05) is 84.2 Å². The van der Waals surface area contributed by atoms with Crippen molar-refractivity contribution in [2.24, 2.45) is 17.8 Å². The molecule has 0 saturated carbocycles. The van der Waals surface area contributed by atoms with Crippen molar-refractivity contribution in [3.63, 3.8) is 0 Å². The second-order valence-corrected chi connectivity index (χ2v) is 15.6. The largest absolute Gasteiger partial charge is 0.481 e. The fourth-order valence-corrected chi connectivity index (χ4v) is 7.54. The molecule has 0 unspecified atom stereocenters. The number of piperidine rings is 1. The molecule has 1 aromatic heterocycles. The summed E-state index contributed by atoms with van der Waals surface area (Å²) in [5.41, 5.74) is 2.46. The van der Waals surface area contributed by atoms with Crippen molar-refractivity contribution in [1.82, 2.24) is 25.4 Å². The van der Waals surface area contributed by atoms with Gasteiger partial charge in [-0.15, -0.1) is 11.3 Å². The predicted octanol–water partition coefficient (Wildman–Crippen LogP) is 5.90.